The van der Waals surface area contributed by atoms with Crippen molar-refractivity contribution in [2.75, 3.05) is 6.61 Å². The second kappa shape index (κ2) is 4.61. The molecule has 1 fully saturated rings. The molecule has 1 heteroatoms. The lowest BCUT2D eigenvalue weighted by Crippen LogP contribution is -1.99. The van der Waals surface area contributed by atoms with E-state index in [1.54, 1.807) is 0 Å². The van der Waals surface area contributed by atoms with Crippen molar-refractivity contribution < 1.29 is 4.74 Å². The van der Waals surface area contributed by atoms with Crippen LogP contribution in [-0.4, -0.2) is 12.7 Å². The first-order chi connectivity index (χ1) is 8.43. The summed E-state index contributed by atoms with van der Waals surface area (Å²) in [5, 5.41) is 2.46. The molecule has 0 bridgehead atoms. The van der Waals surface area contributed by atoms with Crippen LogP contribution in [0.2, 0.25) is 0 Å². The van der Waals surface area contributed by atoms with Crippen molar-refractivity contribution in [1.29, 1.82) is 0 Å². The summed E-state index contributed by atoms with van der Waals surface area (Å²) in [5.74, 6) is 6.47. The normalized spacial score (nSPS) is 18.9. The fraction of sp³-hybridized carbons (Fsp3) is 0.250. The topological polar surface area (TPSA) is 9.23 Å². The Balaban J connectivity index is 1.99. The third-order valence-electron chi connectivity index (χ3n) is 3.09. The number of benzene rings is 2. The van der Waals surface area contributed by atoms with E-state index in [0.717, 1.165) is 25.0 Å². The Kier molecular flexibility index (Phi) is 2.81. The maximum Gasteiger partial charge on any atom is 0.118 e. The van der Waals surface area contributed by atoms with E-state index in [1.807, 2.05) is 0 Å². The first-order valence-electron chi connectivity index (χ1n) is 6.04. The molecule has 84 valence electrons. The van der Waals surface area contributed by atoms with Crippen molar-refractivity contribution in [3.63, 3.8) is 0 Å². The van der Waals surface area contributed by atoms with Crippen LogP contribution in [0.1, 0.15) is 18.4 Å². The summed E-state index contributed by atoms with van der Waals surface area (Å²) in [6, 6.07) is 14.6. The van der Waals surface area contributed by atoms with Crippen LogP contribution in [0.25, 0.3) is 10.8 Å². The summed E-state index contributed by atoms with van der Waals surface area (Å²) in [4.78, 5) is 0. The smallest absolute Gasteiger partial charge is 0.118 e. The maximum atomic E-state index is 5.51. The molecule has 1 aliphatic rings. The molecule has 1 aliphatic heterocycles. The molecule has 0 amide bonds. The van der Waals surface area contributed by atoms with Crippen molar-refractivity contribution >= 4 is 10.8 Å². The van der Waals surface area contributed by atoms with Gasteiger partial charge in [-0.1, -0.05) is 48.2 Å². The second-order valence-corrected chi connectivity index (χ2v) is 4.30. The fourth-order valence-corrected chi connectivity index (χ4v) is 2.18. The Bertz CT molecular complexity index is 578. The summed E-state index contributed by atoms with van der Waals surface area (Å²) in [6.45, 7) is 0.856. The highest BCUT2D eigenvalue weighted by atomic mass is 16.5. The van der Waals surface area contributed by atoms with Gasteiger partial charge in [-0.05, 0) is 29.7 Å². The Morgan fingerprint density at radius 2 is 1.94 bits per heavy atom. The zero-order valence-corrected chi connectivity index (χ0v) is 9.65. The Hall–Kier alpha value is -1.78. The first kappa shape index (κ1) is 10.4. The molecular weight excluding hydrogens is 208 g/mol. The van der Waals surface area contributed by atoms with Gasteiger partial charge in [-0.25, -0.2) is 0 Å². The largest absolute Gasteiger partial charge is 0.366 e. The SMILES string of the molecule is C(#CC1CCCO1)c1cccc2ccccc12. The van der Waals surface area contributed by atoms with Crippen LogP contribution in [0.4, 0.5) is 0 Å². The van der Waals surface area contributed by atoms with Crippen LogP contribution >= 0.6 is 0 Å². The molecule has 2 aromatic carbocycles. The van der Waals surface area contributed by atoms with Gasteiger partial charge < -0.3 is 4.74 Å². The van der Waals surface area contributed by atoms with Gasteiger partial charge >= 0.3 is 0 Å². The molecule has 0 saturated carbocycles. The molecule has 1 heterocycles. The van der Waals surface area contributed by atoms with E-state index in [4.69, 9.17) is 4.74 Å². The number of hydrogen-bond donors (Lipinski definition) is 0. The Morgan fingerprint density at radius 1 is 1.06 bits per heavy atom. The lowest BCUT2D eigenvalue weighted by Gasteiger charge is -2.01. The third kappa shape index (κ3) is 2.18. The average Bonchev–Trinajstić information content (AvgIpc) is 2.89. The molecular formula is C16H14O. The first-order valence-corrected chi connectivity index (χ1v) is 6.04. The van der Waals surface area contributed by atoms with Gasteiger partial charge in [0.2, 0.25) is 0 Å². The van der Waals surface area contributed by atoms with E-state index < -0.39 is 0 Å². The highest BCUT2D eigenvalue weighted by Gasteiger charge is 2.11. The summed E-state index contributed by atoms with van der Waals surface area (Å²) in [6.07, 6.45) is 2.33. The molecule has 1 nitrogen and oxygen atoms in total. The van der Waals surface area contributed by atoms with Crippen molar-refractivity contribution in [2.45, 2.75) is 18.9 Å². The third-order valence-corrected chi connectivity index (χ3v) is 3.09. The summed E-state index contributed by atoms with van der Waals surface area (Å²) in [7, 11) is 0. The quantitative estimate of drug-likeness (QED) is 0.621. The van der Waals surface area contributed by atoms with Gasteiger partial charge in [-0.2, -0.15) is 0 Å². The van der Waals surface area contributed by atoms with Gasteiger partial charge in [0.1, 0.15) is 6.10 Å². The van der Waals surface area contributed by atoms with Crippen LogP contribution in [-0.2, 0) is 4.74 Å². The average molecular weight is 222 g/mol. The van der Waals surface area contributed by atoms with E-state index in [-0.39, 0.29) is 6.10 Å². The molecule has 1 unspecified atom stereocenters. The molecule has 3 rings (SSSR count). The summed E-state index contributed by atoms with van der Waals surface area (Å²) in [5.41, 5.74) is 1.10. The molecule has 0 spiro atoms. The number of hydrogen-bond acceptors (Lipinski definition) is 1. The zero-order valence-electron chi connectivity index (χ0n) is 9.65. The highest BCUT2D eigenvalue weighted by molar-refractivity contribution is 5.88. The highest BCUT2D eigenvalue weighted by Crippen LogP contribution is 2.18. The number of ether oxygens (including phenoxy) is 1. The molecule has 17 heavy (non-hydrogen) atoms. The zero-order chi connectivity index (χ0) is 11.5. The minimum Gasteiger partial charge on any atom is -0.366 e. The van der Waals surface area contributed by atoms with E-state index in [1.165, 1.54) is 10.8 Å². The van der Waals surface area contributed by atoms with Gasteiger partial charge in [0.15, 0.2) is 0 Å². The van der Waals surface area contributed by atoms with Gasteiger partial charge in [-0.3, -0.25) is 0 Å². The molecule has 0 N–H and O–H groups in total. The van der Waals surface area contributed by atoms with Gasteiger partial charge in [0.05, 0.1) is 0 Å². The molecule has 1 atom stereocenters. The van der Waals surface area contributed by atoms with Gasteiger partial charge in [0, 0.05) is 12.2 Å². The minimum atomic E-state index is 0.133. The molecule has 0 aromatic heterocycles. The molecule has 0 radical (unpaired) electrons. The van der Waals surface area contributed by atoms with E-state index in [9.17, 15) is 0 Å². The minimum absolute atomic E-state index is 0.133. The van der Waals surface area contributed by atoms with E-state index in [0.29, 0.717) is 0 Å². The van der Waals surface area contributed by atoms with Gasteiger partial charge in [-0.15, -0.1) is 0 Å². The van der Waals surface area contributed by atoms with Crippen molar-refractivity contribution in [1.82, 2.24) is 0 Å². The number of rotatable bonds is 0. The van der Waals surface area contributed by atoms with E-state index >= 15 is 0 Å². The standard InChI is InChI=1S/C16H14O/c1-2-9-16-13(5-1)6-3-7-14(16)10-11-15-8-4-12-17-15/h1-3,5-7,9,15H,4,8,12H2. The second-order valence-electron chi connectivity index (χ2n) is 4.30. The van der Waals surface area contributed by atoms with Crippen molar-refractivity contribution in [3.05, 3.63) is 48.0 Å². The van der Waals surface area contributed by atoms with E-state index in [2.05, 4.69) is 54.3 Å². The summed E-state index contributed by atoms with van der Waals surface area (Å²) >= 11 is 0. The van der Waals surface area contributed by atoms with Crippen LogP contribution in [0.15, 0.2) is 42.5 Å². The van der Waals surface area contributed by atoms with Crippen LogP contribution in [0, 0.1) is 11.8 Å². The summed E-state index contributed by atoms with van der Waals surface area (Å²) < 4.78 is 5.51. The van der Waals surface area contributed by atoms with Gasteiger partial charge in [0.25, 0.3) is 0 Å². The monoisotopic (exact) mass is 222 g/mol. The Labute approximate surface area is 101 Å². The predicted octanol–water partition coefficient (Wildman–Crippen LogP) is 3.37. The van der Waals surface area contributed by atoms with Crippen LogP contribution in [0.5, 0.6) is 0 Å². The van der Waals surface area contributed by atoms with Crippen molar-refractivity contribution in [2.24, 2.45) is 0 Å². The molecule has 1 saturated heterocycles. The lowest BCUT2D eigenvalue weighted by atomic mass is 10.0. The lowest BCUT2D eigenvalue weighted by molar-refractivity contribution is 0.152. The van der Waals surface area contributed by atoms with Crippen LogP contribution < -0.4 is 0 Å². The molecule has 0 aliphatic carbocycles. The van der Waals surface area contributed by atoms with Crippen LogP contribution in [0.3, 0.4) is 0 Å². The molecule has 2 aromatic rings. The maximum absolute atomic E-state index is 5.51. The Morgan fingerprint density at radius 3 is 2.82 bits per heavy atom. The van der Waals surface area contributed by atoms with Crippen molar-refractivity contribution in [3.8, 4) is 11.8 Å². The fourth-order valence-electron chi connectivity index (χ4n) is 2.18. The predicted molar refractivity (Wildman–Crippen MR) is 69.8 cm³/mol. The number of fused-ring (bicyclic) bond motifs is 1.